The lowest BCUT2D eigenvalue weighted by atomic mass is 9.82. The van der Waals surface area contributed by atoms with Crippen LogP contribution in [0.25, 0.3) is 0 Å². The normalized spacial score (nSPS) is 18.1. The number of nitrogens with zero attached hydrogens (tertiary/aromatic N) is 3. The molecule has 1 amide bonds. The highest BCUT2D eigenvalue weighted by Gasteiger charge is 2.34. The molecule has 1 unspecified atom stereocenters. The number of morpholine rings is 1. The Morgan fingerprint density at radius 2 is 1.91 bits per heavy atom. The predicted molar refractivity (Wildman–Crippen MR) is 137 cm³/mol. The molecule has 2 heterocycles. The third-order valence-electron chi connectivity index (χ3n) is 5.59. The molecule has 1 fully saturated rings. The van der Waals surface area contributed by atoms with Gasteiger partial charge in [0.25, 0.3) is 11.6 Å². The van der Waals surface area contributed by atoms with Gasteiger partial charge in [-0.3, -0.25) is 14.9 Å². The van der Waals surface area contributed by atoms with Gasteiger partial charge in [0.05, 0.1) is 40.7 Å². The number of hydrogen-bond donors (Lipinski definition) is 3. The number of likely N-dealkylation sites (N-methyl/N-ethyl adjacent to an activating group) is 1. The fourth-order valence-electron chi connectivity index (χ4n) is 3.75. The van der Waals surface area contributed by atoms with Gasteiger partial charge in [-0.2, -0.15) is 5.26 Å². The first-order valence-corrected chi connectivity index (χ1v) is 11.4. The molecule has 0 radical (unpaired) electrons. The number of dihydropyridines is 1. The summed E-state index contributed by atoms with van der Waals surface area (Å²) in [5.74, 6) is -1.18. The summed E-state index contributed by atoms with van der Waals surface area (Å²) in [5, 5.41) is 26.9. The summed E-state index contributed by atoms with van der Waals surface area (Å²) < 4.78 is 5.10. The van der Waals surface area contributed by atoms with Crippen molar-refractivity contribution in [3.63, 3.8) is 0 Å². The second kappa shape index (κ2) is 12.2. The fraction of sp³-hybridized carbons (Fsp3) is 0.280. The van der Waals surface area contributed by atoms with Gasteiger partial charge in [-0.25, -0.2) is 0 Å². The van der Waals surface area contributed by atoms with Gasteiger partial charge in [-0.15, -0.1) is 12.6 Å². The van der Waals surface area contributed by atoms with Crippen molar-refractivity contribution < 1.29 is 14.5 Å². The van der Waals surface area contributed by atoms with Crippen molar-refractivity contribution in [2.75, 3.05) is 38.7 Å². The van der Waals surface area contributed by atoms with Crippen LogP contribution < -0.4 is 10.6 Å². The van der Waals surface area contributed by atoms with Gasteiger partial charge in [0.1, 0.15) is 0 Å². The van der Waals surface area contributed by atoms with Crippen LogP contribution in [0.2, 0.25) is 0 Å². The van der Waals surface area contributed by atoms with E-state index >= 15 is 0 Å². The number of amides is 1. The number of nitrogens with one attached hydrogen (secondary N) is 2. The van der Waals surface area contributed by atoms with Crippen molar-refractivity contribution in [2.45, 2.75) is 12.8 Å². The number of carbonyl (C=O) groups excluding carboxylic acids is 1. The van der Waals surface area contributed by atoms with Crippen LogP contribution in [0.3, 0.4) is 0 Å². The average molecular weight is 494 g/mol. The predicted octanol–water partition coefficient (Wildman–Crippen LogP) is 3.81. The van der Waals surface area contributed by atoms with Crippen molar-refractivity contribution >= 4 is 29.9 Å². The second-order valence-electron chi connectivity index (χ2n) is 8.06. The van der Waals surface area contributed by atoms with Gasteiger partial charge in [-0.05, 0) is 31.7 Å². The zero-order chi connectivity index (χ0) is 25.4. The maximum atomic E-state index is 13.0. The number of anilines is 1. The molecule has 10 heteroatoms. The van der Waals surface area contributed by atoms with E-state index < -0.39 is 16.7 Å². The Labute approximate surface area is 209 Å². The number of rotatable bonds is 4. The first kappa shape index (κ1) is 26.0. The number of hydrogen-bond acceptors (Lipinski definition) is 8. The second-order valence-corrected chi connectivity index (χ2v) is 8.51. The Kier molecular flexibility index (Phi) is 9.03. The molecule has 1 atom stereocenters. The highest BCUT2D eigenvalue weighted by molar-refractivity contribution is 7.84. The third-order valence-corrected chi connectivity index (χ3v) is 5.94. The van der Waals surface area contributed by atoms with E-state index in [0.29, 0.717) is 27.6 Å². The molecule has 2 N–H and O–H groups in total. The Morgan fingerprint density at radius 1 is 1.23 bits per heavy atom. The lowest BCUT2D eigenvalue weighted by Crippen LogP contribution is -2.32. The fourth-order valence-corrected chi connectivity index (χ4v) is 4.10. The van der Waals surface area contributed by atoms with Crippen molar-refractivity contribution in [3.8, 4) is 6.07 Å². The highest BCUT2D eigenvalue weighted by atomic mass is 32.1. The minimum absolute atomic E-state index is 0.116. The van der Waals surface area contributed by atoms with Crippen LogP contribution in [0.4, 0.5) is 11.4 Å². The number of ether oxygens (including phenoxy) is 1. The summed E-state index contributed by atoms with van der Waals surface area (Å²) in [7, 11) is 2.11. The summed E-state index contributed by atoms with van der Waals surface area (Å²) in [6.45, 7) is 5.72. The third kappa shape index (κ3) is 6.70. The number of benzene rings is 2. The molecule has 2 aliphatic rings. The van der Waals surface area contributed by atoms with Crippen molar-refractivity contribution in [2.24, 2.45) is 0 Å². The molecule has 35 heavy (non-hydrogen) atoms. The Bertz CT molecular complexity index is 1180. The molecule has 0 aromatic heterocycles. The summed E-state index contributed by atoms with van der Waals surface area (Å²) in [4.78, 5) is 26.0. The molecule has 2 aromatic carbocycles. The standard InChI is InChI=1S/C20H16N4O3S.C5H11NO/c1-12-17(19(25)23-14-7-3-2-4-8-14)18(16(11-21)20(28)22-12)13-6-5-9-15(10-13)24(26)27;1-6-2-4-7-5-3-6/h2-10,18,22,28H,1H3,(H,23,25);2-5H2,1H3. The van der Waals surface area contributed by atoms with Crippen LogP contribution in [0.5, 0.6) is 0 Å². The van der Waals surface area contributed by atoms with Gasteiger partial charge in [-0.1, -0.05) is 30.3 Å². The van der Waals surface area contributed by atoms with Crippen LogP contribution in [0.1, 0.15) is 18.4 Å². The molecule has 0 bridgehead atoms. The molecular formula is C25H27N5O4S. The summed E-state index contributed by atoms with van der Waals surface area (Å²) in [6.07, 6.45) is 0. The van der Waals surface area contributed by atoms with Crippen LogP contribution in [0, 0.1) is 21.4 Å². The van der Waals surface area contributed by atoms with E-state index in [-0.39, 0.29) is 11.3 Å². The molecule has 1 saturated heterocycles. The van der Waals surface area contributed by atoms with Gasteiger partial charge in [0.15, 0.2) is 0 Å². The molecule has 9 nitrogen and oxygen atoms in total. The van der Waals surface area contributed by atoms with Crippen LogP contribution in [0.15, 0.2) is 76.5 Å². The topological polar surface area (TPSA) is 121 Å². The number of allylic oxidation sites excluding steroid dienone is 2. The average Bonchev–Trinajstić information content (AvgIpc) is 2.85. The number of para-hydroxylation sites is 1. The molecular weight excluding hydrogens is 466 g/mol. The molecule has 182 valence electrons. The lowest BCUT2D eigenvalue weighted by molar-refractivity contribution is -0.384. The minimum Gasteiger partial charge on any atom is -0.379 e. The van der Waals surface area contributed by atoms with Crippen LogP contribution in [-0.2, 0) is 9.53 Å². The smallest absolute Gasteiger partial charge is 0.269 e. The van der Waals surface area contributed by atoms with E-state index in [0.717, 1.165) is 26.3 Å². The summed E-state index contributed by atoms with van der Waals surface area (Å²) >= 11 is 4.33. The monoisotopic (exact) mass is 493 g/mol. The zero-order valence-electron chi connectivity index (χ0n) is 19.5. The van der Waals surface area contributed by atoms with E-state index in [1.165, 1.54) is 18.2 Å². The van der Waals surface area contributed by atoms with Gasteiger partial charge in [0, 0.05) is 42.2 Å². The molecule has 0 saturated carbocycles. The zero-order valence-corrected chi connectivity index (χ0v) is 20.4. The molecule has 0 spiro atoms. The Hall–Kier alpha value is -3.65. The van der Waals surface area contributed by atoms with E-state index in [9.17, 15) is 20.2 Å². The van der Waals surface area contributed by atoms with E-state index in [1.807, 2.05) is 6.07 Å². The quantitative estimate of drug-likeness (QED) is 0.336. The lowest BCUT2D eigenvalue weighted by Gasteiger charge is -2.28. The van der Waals surface area contributed by atoms with Crippen LogP contribution >= 0.6 is 12.6 Å². The maximum Gasteiger partial charge on any atom is 0.269 e. The molecule has 4 rings (SSSR count). The first-order valence-electron chi connectivity index (χ1n) is 11.0. The van der Waals surface area contributed by atoms with E-state index in [4.69, 9.17) is 4.74 Å². The molecule has 0 aliphatic carbocycles. The summed E-state index contributed by atoms with van der Waals surface area (Å²) in [5.41, 5.74) is 2.00. The van der Waals surface area contributed by atoms with Gasteiger partial charge < -0.3 is 20.3 Å². The Morgan fingerprint density at radius 3 is 2.49 bits per heavy atom. The number of carbonyl (C=O) groups is 1. The van der Waals surface area contributed by atoms with Crippen molar-refractivity contribution in [1.29, 1.82) is 5.26 Å². The van der Waals surface area contributed by atoms with Crippen molar-refractivity contribution in [1.82, 2.24) is 10.2 Å². The number of thiol groups is 1. The highest BCUT2D eigenvalue weighted by Crippen LogP contribution is 2.39. The Balaban J connectivity index is 0.000000420. The van der Waals surface area contributed by atoms with Gasteiger partial charge in [0.2, 0.25) is 0 Å². The SMILES string of the molecule is CC1=C(C(=O)Nc2ccccc2)C(c2cccc([N+](=O)[O-])c2)C(C#N)=C(S)N1.CN1CCOCC1. The number of nitro benzene ring substituents is 1. The minimum atomic E-state index is -0.776. The number of nitriles is 1. The summed E-state index contributed by atoms with van der Waals surface area (Å²) in [6, 6.07) is 16.9. The van der Waals surface area contributed by atoms with E-state index in [1.54, 1.807) is 37.3 Å². The molecule has 2 aromatic rings. The van der Waals surface area contributed by atoms with Crippen LogP contribution in [-0.4, -0.2) is 49.1 Å². The van der Waals surface area contributed by atoms with Gasteiger partial charge >= 0.3 is 0 Å². The maximum absolute atomic E-state index is 13.0. The van der Waals surface area contributed by atoms with Crippen molar-refractivity contribution in [3.05, 3.63) is 92.1 Å². The number of nitro groups is 1. The van der Waals surface area contributed by atoms with E-state index in [2.05, 4.69) is 41.3 Å². The number of non-ortho nitro benzene ring substituents is 1. The first-order chi connectivity index (χ1) is 16.8. The molecule has 2 aliphatic heterocycles. The largest absolute Gasteiger partial charge is 0.379 e.